The maximum absolute atomic E-state index is 12.7. The van der Waals surface area contributed by atoms with Crippen LogP contribution in [-0.2, 0) is 4.79 Å². The topological polar surface area (TPSA) is 62.5 Å². The molecule has 7 heteroatoms. The van der Waals surface area contributed by atoms with E-state index in [1.165, 1.54) is 4.90 Å². The molecule has 0 unspecified atom stereocenters. The first kappa shape index (κ1) is 19.0. The fourth-order valence-electron chi connectivity index (χ4n) is 3.77. The molecule has 0 saturated carbocycles. The van der Waals surface area contributed by atoms with Crippen LogP contribution in [-0.4, -0.2) is 50.8 Å². The minimum atomic E-state index is -0.156. The fraction of sp³-hybridized carbons (Fsp3) is 0.381. The molecule has 1 amide bonds. The second-order valence-electron chi connectivity index (χ2n) is 7.19. The number of likely N-dealkylation sites (tertiary alicyclic amines) is 1. The lowest BCUT2D eigenvalue weighted by molar-refractivity contribution is -0.121. The van der Waals surface area contributed by atoms with Crippen LogP contribution in [0.4, 0.5) is 5.69 Å². The van der Waals surface area contributed by atoms with Crippen molar-refractivity contribution in [3.63, 3.8) is 0 Å². The van der Waals surface area contributed by atoms with Crippen LogP contribution in [0.15, 0.2) is 53.6 Å². The van der Waals surface area contributed by atoms with Crippen molar-refractivity contribution in [2.75, 3.05) is 24.7 Å². The lowest BCUT2D eigenvalue weighted by Gasteiger charge is -2.34. The molecule has 146 valence electrons. The SMILES string of the molecule is CSc1ccc(NC(=O)[C@H](C)N2CCC(c3nnc4ccccn34)CC2)cc1. The van der Waals surface area contributed by atoms with Crippen molar-refractivity contribution in [3.05, 3.63) is 54.5 Å². The van der Waals surface area contributed by atoms with Crippen molar-refractivity contribution in [1.82, 2.24) is 19.5 Å². The number of carbonyl (C=O) groups is 1. The summed E-state index contributed by atoms with van der Waals surface area (Å²) in [6, 6.07) is 13.8. The summed E-state index contributed by atoms with van der Waals surface area (Å²) in [6.45, 7) is 3.75. The molecule has 1 fully saturated rings. The first-order valence-electron chi connectivity index (χ1n) is 9.64. The molecule has 3 aromatic rings. The van der Waals surface area contributed by atoms with Crippen LogP contribution in [0.1, 0.15) is 31.5 Å². The maximum atomic E-state index is 12.7. The summed E-state index contributed by atoms with van der Waals surface area (Å²) >= 11 is 1.69. The molecule has 4 rings (SSSR count). The number of carbonyl (C=O) groups excluding carboxylic acids is 1. The highest BCUT2D eigenvalue weighted by atomic mass is 32.2. The van der Waals surface area contributed by atoms with Crippen molar-refractivity contribution >= 4 is 29.0 Å². The van der Waals surface area contributed by atoms with Crippen LogP contribution in [0.25, 0.3) is 5.65 Å². The highest BCUT2D eigenvalue weighted by Crippen LogP contribution is 2.28. The number of aromatic nitrogens is 3. The van der Waals surface area contributed by atoms with Gasteiger partial charge >= 0.3 is 0 Å². The third kappa shape index (κ3) is 3.91. The number of fused-ring (bicyclic) bond motifs is 1. The average Bonchev–Trinajstić information content (AvgIpc) is 3.18. The summed E-state index contributed by atoms with van der Waals surface area (Å²) in [6.07, 6.45) is 6.03. The number of piperidine rings is 1. The fourth-order valence-corrected chi connectivity index (χ4v) is 4.18. The van der Waals surface area contributed by atoms with Gasteiger partial charge < -0.3 is 5.32 Å². The van der Waals surface area contributed by atoms with Gasteiger partial charge in [0.15, 0.2) is 5.65 Å². The lowest BCUT2D eigenvalue weighted by atomic mass is 9.95. The van der Waals surface area contributed by atoms with Crippen molar-refractivity contribution in [2.24, 2.45) is 0 Å². The van der Waals surface area contributed by atoms with Gasteiger partial charge in [-0.25, -0.2) is 0 Å². The normalized spacial score (nSPS) is 16.9. The summed E-state index contributed by atoms with van der Waals surface area (Å²) in [5, 5.41) is 11.7. The van der Waals surface area contributed by atoms with E-state index >= 15 is 0 Å². The van der Waals surface area contributed by atoms with Crippen LogP contribution in [0.5, 0.6) is 0 Å². The summed E-state index contributed by atoms with van der Waals surface area (Å²) in [5.74, 6) is 1.45. The molecule has 2 aromatic heterocycles. The van der Waals surface area contributed by atoms with Gasteiger partial charge in [0, 0.05) is 22.7 Å². The molecule has 1 aliphatic heterocycles. The number of nitrogens with one attached hydrogen (secondary N) is 1. The molecular weight excluding hydrogens is 370 g/mol. The minimum Gasteiger partial charge on any atom is -0.325 e. The monoisotopic (exact) mass is 395 g/mol. The first-order chi connectivity index (χ1) is 13.7. The van der Waals surface area contributed by atoms with Gasteiger partial charge in [0.25, 0.3) is 0 Å². The van der Waals surface area contributed by atoms with E-state index in [0.29, 0.717) is 5.92 Å². The Morgan fingerprint density at radius 1 is 1.14 bits per heavy atom. The quantitative estimate of drug-likeness (QED) is 0.668. The van der Waals surface area contributed by atoms with Gasteiger partial charge in [-0.3, -0.25) is 14.1 Å². The number of thioether (sulfide) groups is 1. The van der Waals surface area contributed by atoms with E-state index in [1.807, 2.05) is 61.8 Å². The molecule has 6 nitrogen and oxygen atoms in total. The van der Waals surface area contributed by atoms with Crippen molar-refractivity contribution in [1.29, 1.82) is 0 Å². The summed E-state index contributed by atoms with van der Waals surface area (Å²) in [7, 11) is 0. The number of anilines is 1. The largest absolute Gasteiger partial charge is 0.325 e. The van der Waals surface area contributed by atoms with Crippen LogP contribution >= 0.6 is 11.8 Å². The second-order valence-corrected chi connectivity index (χ2v) is 8.07. The number of hydrogen-bond donors (Lipinski definition) is 1. The van der Waals surface area contributed by atoms with E-state index < -0.39 is 0 Å². The van der Waals surface area contributed by atoms with Crippen molar-refractivity contribution in [2.45, 2.75) is 36.6 Å². The molecule has 1 N–H and O–H groups in total. The van der Waals surface area contributed by atoms with Gasteiger partial charge in [0.1, 0.15) is 5.82 Å². The Balaban J connectivity index is 1.35. The second kappa shape index (κ2) is 8.32. The van der Waals surface area contributed by atoms with Crippen LogP contribution < -0.4 is 5.32 Å². The van der Waals surface area contributed by atoms with E-state index in [4.69, 9.17) is 0 Å². The van der Waals surface area contributed by atoms with E-state index in [1.54, 1.807) is 11.8 Å². The first-order valence-corrected chi connectivity index (χ1v) is 10.9. The third-order valence-electron chi connectivity index (χ3n) is 5.52. The highest BCUT2D eigenvalue weighted by molar-refractivity contribution is 7.98. The predicted octanol–water partition coefficient (Wildman–Crippen LogP) is 3.66. The van der Waals surface area contributed by atoms with Crippen molar-refractivity contribution in [3.8, 4) is 0 Å². The Bertz CT molecular complexity index is 947. The van der Waals surface area contributed by atoms with E-state index in [-0.39, 0.29) is 11.9 Å². The van der Waals surface area contributed by atoms with E-state index in [2.05, 4.69) is 24.8 Å². The standard InChI is InChI=1S/C21H25N5OS/c1-15(21(27)22-17-6-8-18(28-2)9-7-17)25-13-10-16(11-14-25)20-24-23-19-5-3-4-12-26(19)20/h3-9,12,15-16H,10-11,13-14H2,1-2H3,(H,22,27)/t15-/m0/s1. The molecule has 1 aliphatic rings. The number of rotatable bonds is 5. The molecule has 28 heavy (non-hydrogen) atoms. The molecular formula is C21H25N5OS. The van der Waals surface area contributed by atoms with Gasteiger partial charge in [-0.05, 0) is 75.5 Å². The van der Waals surface area contributed by atoms with Gasteiger partial charge in [-0.1, -0.05) is 6.07 Å². The van der Waals surface area contributed by atoms with Gasteiger partial charge in [0.2, 0.25) is 5.91 Å². The molecule has 1 atom stereocenters. The molecule has 0 aliphatic carbocycles. The number of benzene rings is 1. The predicted molar refractivity (Wildman–Crippen MR) is 113 cm³/mol. The number of pyridine rings is 1. The maximum Gasteiger partial charge on any atom is 0.241 e. The zero-order valence-corrected chi connectivity index (χ0v) is 17.0. The third-order valence-corrected chi connectivity index (χ3v) is 6.26. The Morgan fingerprint density at radius 2 is 1.89 bits per heavy atom. The van der Waals surface area contributed by atoms with E-state index in [9.17, 15) is 4.79 Å². The Labute approximate surface area is 169 Å². The highest BCUT2D eigenvalue weighted by Gasteiger charge is 2.29. The Kier molecular flexibility index (Phi) is 5.64. The van der Waals surface area contributed by atoms with Gasteiger partial charge in [-0.2, -0.15) is 0 Å². The number of nitrogens with zero attached hydrogens (tertiary/aromatic N) is 4. The summed E-state index contributed by atoms with van der Waals surface area (Å²) < 4.78 is 2.08. The molecule has 0 spiro atoms. The van der Waals surface area contributed by atoms with Crippen LogP contribution in [0.3, 0.4) is 0 Å². The average molecular weight is 396 g/mol. The Morgan fingerprint density at radius 3 is 2.61 bits per heavy atom. The van der Waals surface area contributed by atoms with Crippen LogP contribution in [0, 0.1) is 0 Å². The molecule has 1 aromatic carbocycles. The molecule has 3 heterocycles. The number of hydrogen-bond acceptors (Lipinski definition) is 5. The zero-order chi connectivity index (χ0) is 19.5. The number of amides is 1. The van der Waals surface area contributed by atoms with Crippen LogP contribution in [0.2, 0.25) is 0 Å². The van der Waals surface area contributed by atoms with Crippen molar-refractivity contribution < 1.29 is 4.79 Å². The van der Waals surface area contributed by atoms with Gasteiger partial charge in [-0.15, -0.1) is 22.0 Å². The summed E-state index contributed by atoms with van der Waals surface area (Å²) in [5.41, 5.74) is 1.74. The van der Waals surface area contributed by atoms with Gasteiger partial charge in [0.05, 0.1) is 6.04 Å². The smallest absolute Gasteiger partial charge is 0.241 e. The lowest BCUT2D eigenvalue weighted by Crippen LogP contribution is -2.45. The summed E-state index contributed by atoms with van der Waals surface area (Å²) in [4.78, 5) is 16.1. The Hall–Kier alpha value is -2.38. The molecule has 0 bridgehead atoms. The molecule has 0 radical (unpaired) electrons. The zero-order valence-electron chi connectivity index (χ0n) is 16.2. The minimum absolute atomic E-state index is 0.0447. The molecule has 1 saturated heterocycles. The van der Waals surface area contributed by atoms with E-state index in [0.717, 1.165) is 43.1 Å².